The van der Waals surface area contributed by atoms with E-state index in [9.17, 15) is 8.42 Å². The highest BCUT2D eigenvalue weighted by Crippen LogP contribution is 2.31. The van der Waals surface area contributed by atoms with Crippen molar-refractivity contribution in [3.8, 4) is 0 Å². The first-order valence-corrected chi connectivity index (χ1v) is 7.26. The molecule has 1 saturated carbocycles. The highest BCUT2D eigenvalue weighted by Gasteiger charge is 2.41. The molecule has 0 heterocycles. The van der Waals surface area contributed by atoms with Crippen molar-refractivity contribution in [1.82, 2.24) is 5.32 Å². The van der Waals surface area contributed by atoms with Gasteiger partial charge in [0.05, 0.1) is 10.00 Å². The highest BCUT2D eigenvalue weighted by atomic mass is 32.2. The standard InChI is InChI=1S/C11H23NO2S/c1-11(2,3)15(13,14)10-8-6-5-7-9(10)12-4/h9-10,12H,5-8H2,1-4H3/t9-,10+/m0/s1. The predicted molar refractivity (Wildman–Crippen MR) is 63.8 cm³/mol. The van der Waals surface area contributed by atoms with Crippen LogP contribution in [0.25, 0.3) is 0 Å². The molecule has 0 unspecified atom stereocenters. The number of sulfone groups is 1. The van der Waals surface area contributed by atoms with E-state index in [1.54, 1.807) is 20.8 Å². The van der Waals surface area contributed by atoms with Crippen molar-refractivity contribution in [3.63, 3.8) is 0 Å². The molecule has 4 heteroatoms. The molecule has 3 nitrogen and oxygen atoms in total. The molecule has 15 heavy (non-hydrogen) atoms. The van der Waals surface area contributed by atoms with Crippen molar-refractivity contribution in [2.75, 3.05) is 7.05 Å². The molecule has 1 rings (SSSR count). The molecule has 0 aromatic heterocycles. The number of rotatable bonds is 2. The first-order valence-electron chi connectivity index (χ1n) is 5.71. The van der Waals surface area contributed by atoms with Crippen LogP contribution in [0.4, 0.5) is 0 Å². The summed E-state index contributed by atoms with van der Waals surface area (Å²) in [5.74, 6) is 0. The van der Waals surface area contributed by atoms with Crippen molar-refractivity contribution < 1.29 is 8.42 Å². The summed E-state index contributed by atoms with van der Waals surface area (Å²) in [6.45, 7) is 5.39. The SMILES string of the molecule is CN[C@H]1CCCC[C@H]1S(=O)(=O)C(C)(C)C. The van der Waals surface area contributed by atoms with Gasteiger partial charge in [0.15, 0.2) is 9.84 Å². The minimum atomic E-state index is -3.02. The largest absolute Gasteiger partial charge is 0.316 e. The van der Waals surface area contributed by atoms with Gasteiger partial charge in [0.25, 0.3) is 0 Å². The van der Waals surface area contributed by atoms with Crippen LogP contribution in [0.5, 0.6) is 0 Å². The Bertz CT molecular complexity index is 303. The van der Waals surface area contributed by atoms with Gasteiger partial charge in [0, 0.05) is 6.04 Å². The molecule has 2 atom stereocenters. The first kappa shape index (κ1) is 13.0. The van der Waals surface area contributed by atoms with Crippen LogP contribution < -0.4 is 5.32 Å². The van der Waals surface area contributed by atoms with E-state index in [4.69, 9.17) is 0 Å². The van der Waals surface area contributed by atoms with Crippen molar-refractivity contribution in [1.29, 1.82) is 0 Å². The van der Waals surface area contributed by atoms with Gasteiger partial charge >= 0.3 is 0 Å². The van der Waals surface area contributed by atoms with E-state index in [1.807, 2.05) is 7.05 Å². The van der Waals surface area contributed by atoms with Crippen LogP contribution in [-0.4, -0.2) is 31.5 Å². The normalized spacial score (nSPS) is 29.1. The van der Waals surface area contributed by atoms with Gasteiger partial charge in [-0.3, -0.25) is 0 Å². The number of nitrogens with one attached hydrogen (secondary N) is 1. The van der Waals surface area contributed by atoms with Crippen LogP contribution in [0.1, 0.15) is 46.5 Å². The Morgan fingerprint density at radius 3 is 2.13 bits per heavy atom. The maximum atomic E-state index is 12.3. The molecule has 1 aliphatic rings. The smallest absolute Gasteiger partial charge is 0.159 e. The average molecular weight is 233 g/mol. The van der Waals surface area contributed by atoms with E-state index < -0.39 is 14.6 Å². The van der Waals surface area contributed by atoms with Gasteiger partial charge in [-0.1, -0.05) is 12.8 Å². The molecule has 0 aromatic rings. The van der Waals surface area contributed by atoms with Crippen molar-refractivity contribution in [2.45, 2.75) is 62.5 Å². The number of hydrogen-bond donors (Lipinski definition) is 1. The Kier molecular flexibility index (Phi) is 3.82. The van der Waals surface area contributed by atoms with Crippen molar-refractivity contribution >= 4 is 9.84 Å². The molecule has 0 aromatic carbocycles. The Balaban J connectivity index is 2.94. The fourth-order valence-electron chi connectivity index (χ4n) is 2.25. The lowest BCUT2D eigenvalue weighted by Crippen LogP contribution is -2.50. The summed E-state index contributed by atoms with van der Waals surface area (Å²) < 4.78 is 24.0. The predicted octanol–water partition coefficient (Wildman–Crippen LogP) is 1.73. The second kappa shape index (κ2) is 4.42. The summed E-state index contributed by atoms with van der Waals surface area (Å²) in [6.07, 6.45) is 3.97. The van der Waals surface area contributed by atoms with E-state index in [-0.39, 0.29) is 11.3 Å². The fourth-order valence-corrected chi connectivity index (χ4v) is 4.34. The van der Waals surface area contributed by atoms with Gasteiger partial charge in [0.1, 0.15) is 0 Å². The van der Waals surface area contributed by atoms with Crippen LogP contribution in [0, 0.1) is 0 Å². The Hall–Kier alpha value is -0.0900. The molecule has 1 aliphatic carbocycles. The summed E-state index contributed by atoms with van der Waals surface area (Å²) >= 11 is 0. The number of hydrogen-bond acceptors (Lipinski definition) is 3. The van der Waals surface area contributed by atoms with E-state index in [0.29, 0.717) is 0 Å². The summed E-state index contributed by atoms with van der Waals surface area (Å²) in [5, 5.41) is 2.96. The molecule has 1 fully saturated rings. The summed E-state index contributed by atoms with van der Waals surface area (Å²) in [4.78, 5) is 0. The molecule has 0 radical (unpaired) electrons. The summed E-state index contributed by atoms with van der Waals surface area (Å²) in [5.41, 5.74) is 0. The monoisotopic (exact) mass is 233 g/mol. The zero-order chi connectivity index (χ0) is 11.7. The first-order chi connectivity index (χ1) is 6.80. The molecular formula is C11H23NO2S. The molecule has 0 bridgehead atoms. The van der Waals surface area contributed by atoms with Gasteiger partial charge in [-0.2, -0.15) is 0 Å². The third-order valence-electron chi connectivity index (χ3n) is 3.33. The van der Waals surface area contributed by atoms with E-state index in [0.717, 1.165) is 25.7 Å². The van der Waals surface area contributed by atoms with Crippen LogP contribution in [0.3, 0.4) is 0 Å². The van der Waals surface area contributed by atoms with Gasteiger partial charge < -0.3 is 5.32 Å². The highest BCUT2D eigenvalue weighted by molar-refractivity contribution is 7.93. The Morgan fingerprint density at radius 2 is 1.67 bits per heavy atom. The zero-order valence-corrected chi connectivity index (χ0v) is 11.0. The Labute approximate surface area is 93.6 Å². The van der Waals surface area contributed by atoms with Gasteiger partial charge in [0.2, 0.25) is 0 Å². The van der Waals surface area contributed by atoms with Crippen LogP contribution in [0.2, 0.25) is 0 Å². The zero-order valence-electron chi connectivity index (χ0n) is 10.2. The second-order valence-electron chi connectivity index (χ2n) is 5.38. The van der Waals surface area contributed by atoms with Crippen molar-refractivity contribution in [3.05, 3.63) is 0 Å². The Morgan fingerprint density at radius 1 is 1.13 bits per heavy atom. The van der Waals surface area contributed by atoms with E-state index >= 15 is 0 Å². The van der Waals surface area contributed by atoms with Gasteiger partial charge in [-0.25, -0.2) is 8.42 Å². The second-order valence-corrected chi connectivity index (χ2v) is 8.30. The molecule has 0 aliphatic heterocycles. The maximum Gasteiger partial charge on any atom is 0.159 e. The molecule has 1 N–H and O–H groups in total. The molecule has 0 saturated heterocycles. The maximum absolute atomic E-state index is 12.3. The van der Waals surface area contributed by atoms with Crippen LogP contribution >= 0.6 is 0 Å². The summed E-state index contributed by atoms with van der Waals surface area (Å²) in [6, 6.07) is 0.142. The van der Waals surface area contributed by atoms with Gasteiger partial charge in [-0.05, 0) is 40.7 Å². The molecule has 0 spiro atoms. The fraction of sp³-hybridized carbons (Fsp3) is 1.00. The molecule has 90 valence electrons. The topological polar surface area (TPSA) is 46.2 Å². The van der Waals surface area contributed by atoms with E-state index in [1.165, 1.54) is 0 Å². The third-order valence-corrected chi connectivity index (χ3v) is 6.39. The lowest BCUT2D eigenvalue weighted by atomic mass is 9.95. The van der Waals surface area contributed by atoms with E-state index in [2.05, 4.69) is 5.32 Å². The quantitative estimate of drug-likeness (QED) is 0.790. The van der Waals surface area contributed by atoms with Crippen molar-refractivity contribution in [2.24, 2.45) is 0 Å². The third kappa shape index (κ3) is 2.53. The minimum absolute atomic E-state index is 0.142. The summed E-state index contributed by atoms with van der Waals surface area (Å²) in [7, 11) is -1.16. The average Bonchev–Trinajstić information content (AvgIpc) is 2.16. The molecule has 0 amide bonds. The molecular weight excluding hydrogens is 210 g/mol. The minimum Gasteiger partial charge on any atom is -0.316 e. The van der Waals surface area contributed by atoms with Crippen LogP contribution in [-0.2, 0) is 9.84 Å². The lowest BCUT2D eigenvalue weighted by Gasteiger charge is -2.35. The van der Waals surface area contributed by atoms with Crippen LogP contribution in [0.15, 0.2) is 0 Å². The lowest BCUT2D eigenvalue weighted by molar-refractivity contribution is 0.384. The van der Waals surface area contributed by atoms with Gasteiger partial charge in [-0.15, -0.1) is 0 Å².